The van der Waals surface area contributed by atoms with E-state index in [2.05, 4.69) is 30.2 Å². The minimum atomic E-state index is 0.342. The Morgan fingerprint density at radius 1 is 1.26 bits per heavy atom. The van der Waals surface area contributed by atoms with Crippen LogP contribution in [0.2, 0.25) is 0 Å². The van der Waals surface area contributed by atoms with E-state index >= 15 is 0 Å². The molecule has 3 unspecified atom stereocenters. The first-order chi connectivity index (χ1) is 9.15. The molecule has 1 aliphatic carbocycles. The molecule has 1 aromatic heterocycles. The van der Waals surface area contributed by atoms with Gasteiger partial charge in [-0.05, 0) is 50.1 Å². The van der Waals surface area contributed by atoms with E-state index in [1.54, 1.807) is 13.3 Å². The van der Waals surface area contributed by atoms with Crippen molar-refractivity contribution in [2.24, 2.45) is 17.8 Å². The standard InChI is InChI=1S/C16H26N2O/c1-11-8-12(2)10-13(9-11)15(17-3)14-6-5-7-18-16(14)19-4/h5-7,11-13,15,17H,8-10H2,1-4H3. The zero-order valence-electron chi connectivity index (χ0n) is 12.5. The third-order valence-electron chi connectivity index (χ3n) is 4.33. The molecule has 1 aromatic rings. The van der Waals surface area contributed by atoms with Gasteiger partial charge in [0.15, 0.2) is 0 Å². The zero-order valence-corrected chi connectivity index (χ0v) is 12.5. The van der Waals surface area contributed by atoms with Crippen molar-refractivity contribution < 1.29 is 4.74 Å². The number of aromatic nitrogens is 1. The molecule has 3 heteroatoms. The molecular weight excluding hydrogens is 236 g/mol. The molecule has 1 aliphatic rings. The van der Waals surface area contributed by atoms with E-state index in [1.165, 1.54) is 24.8 Å². The maximum absolute atomic E-state index is 5.42. The zero-order chi connectivity index (χ0) is 13.8. The molecule has 1 heterocycles. The summed E-state index contributed by atoms with van der Waals surface area (Å²) in [4.78, 5) is 4.34. The highest BCUT2D eigenvalue weighted by Crippen LogP contribution is 2.41. The summed E-state index contributed by atoms with van der Waals surface area (Å²) in [7, 11) is 3.74. The molecular formula is C16H26N2O. The maximum Gasteiger partial charge on any atom is 0.217 e. The van der Waals surface area contributed by atoms with Crippen LogP contribution in [0.15, 0.2) is 18.3 Å². The first-order valence-electron chi connectivity index (χ1n) is 7.31. The van der Waals surface area contributed by atoms with Crippen LogP contribution >= 0.6 is 0 Å². The van der Waals surface area contributed by atoms with Crippen molar-refractivity contribution in [3.63, 3.8) is 0 Å². The first-order valence-corrected chi connectivity index (χ1v) is 7.31. The van der Waals surface area contributed by atoms with Gasteiger partial charge >= 0.3 is 0 Å². The van der Waals surface area contributed by atoms with Gasteiger partial charge in [0.25, 0.3) is 0 Å². The van der Waals surface area contributed by atoms with Gasteiger partial charge in [0.1, 0.15) is 0 Å². The first kappa shape index (κ1) is 14.3. The number of methoxy groups -OCH3 is 1. The van der Waals surface area contributed by atoms with Gasteiger partial charge in [0.2, 0.25) is 5.88 Å². The Bertz CT molecular complexity index is 397. The molecule has 106 valence electrons. The fourth-order valence-electron chi connectivity index (χ4n) is 3.74. The lowest BCUT2D eigenvalue weighted by Gasteiger charge is -2.36. The summed E-state index contributed by atoms with van der Waals surface area (Å²) in [5, 5.41) is 3.48. The van der Waals surface area contributed by atoms with Crippen LogP contribution in [0.3, 0.4) is 0 Å². The summed E-state index contributed by atoms with van der Waals surface area (Å²) in [6, 6.07) is 4.48. The smallest absolute Gasteiger partial charge is 0.217 e. The Labute approximate surface area is 116 Å². The third kappa shape index (κ3) is 3.27. The average molecular weight is 262 g/mol. The summed E-state index contributed by atoms with van der Waals surface area (Å²) in [6.07, 6.45) is 5.72. The van der Waals surface area contributed by atoms with Crippen molar-refractivity contribution in [3.8, 4) is 5.88 Å². The molecule has 19 heavy (non-hydrogen) atoms. The van der Waals surface area contributed by atoms with Crippen molar-refractivity contribution in [1.29, 1.82) is 0 Å². The Kier molecular flexibility index (Phi) is 4.81. The van der Waals surface area contributed by atoms with Gasteiger partial charge in [-0.25, -0.2) is 4.98 Å². The Balaban J connectivity index is 2.23. The van der Waals surface area contributed by atoms with Crippen LogP contribution < -0.4 is 10.1 Å². The van der Waals surface area contributed by atoms with Crippen LogP contribution in [-0.2, 0) is 0 Å². The van der Waals surface area contributed by atoms with Crippen molar-refractivity contribution in [1.82, 2.24) is 10.3 Å². The molecule has 0 spiro atoms. The molecule has 0 bridgehead atoms. The van der Waals surface area contributed by atoms with Crippen LogP contribution in [0.25, 0.3) is 0 Å². The molecule has 3 nitrogen and oxygen atoms in total. The normalized spacial score (nSPS) is 28.9. The number of nitrogens with zero attached hydrogens (tertiary/aromatic N) is 1. The fraction of sp³-hybridized carbons (Fsp3) is 0.688. The second-order valence-electron chi connectivity index (χ2n) is 6.05. The second-order valence-corrected chi connectivity index (χ2v) is 6.05. The van der Waals surface area contributed by atoms with Gasteiger partial charge in [-0.3, -0.25) is 0 Å². The highest BCUT2D eigenvalue weighted by Gasteiger charge is 2.31. The van der Waals surface area contributed by atoms with E-state index in [0.29, 0.717) is 12.0 Å². The van der Waals surface area contributed by atoms with Gasteiger partial charge in [0, 0.05) is 17.8 Å². The average Bonchev–Trinajstić information content (AvgIpc) is 2.39. The quantitative estimate of drug-likeness (QED) is 0.902. The van der Waals surface area contributed by atoms with E-state index in [-0.39, 0.29) is 0 Å². The fourth-order valence-corrected chi connectivity index (χ4v) is 3.74. The molecule has 0 radical (unpaired) electrons. The molecule has 3 atom stereocenters. The van der Waals surface area contributed by atoms with Crippen molar-refractivity contribution >= 4 is 0 Å². The Hall–Kier alpha value is -1.09. The predicted octanol–water partition coefficient (Wildman–Crippen LogP) is 3.42. The summed E-state index contributed by atoms with van der Waals surface area (Å²) in [5.74, 6) is 3.05. The van der Waals surface area contributed by atoms with E-state index < -0.39 is 0 Å². The van der Waals surface area contributed by atoms with Crippen LogP contribution in [-0.4, -0.2) is 19.1 Å². The number of rotatable bonds is 4. The number of hydrogen-bond acceptors (Lipinski definition) is 3. The lowest BCUT2D eigenvalue weighted by atomic mass is 9.72. The molecule has 1 saturated carbocycles. The molecule has 0 aliphatic heterocycles. The Morgan fingerprint density at radius 3 is 2.53 bits per heavy atom. The third-order valence-corrected chi connectivity index (χ3v) is 4.33. The van der Waals surface area contributed by atoms with Gasteiger partial charge < -0.3 is 10.1 Å². The van der Waals surface area contributed by atoms with Crippen molar-refractivity contribution in [3.05, 3.63) is 23.9 Å². The number of hydrogen-bond donors (Lipinski definition) is 1. The molecule has 0 aromatic carbocycles. The van der Waals surface area contributed by atoms with Gasteiger partial charge in [-0.2, -0.15) is 0 Å². The second kappa shape index (κ2) is 6.38. The summed E-state index contributed by atoms with van der Waals surface area (Å²) in [6.45, 7) is 4.74. The van der Waals surface area contributed by atoms with E-state index in [1.807, 2.05) is 13.1 Å². The minimum Gasteiger partial charge on any atom is -0.481 e. The van der Waals surface area contributed by atoms with E-state index in [9.17, 15) is 0 Å². The number of ether oxygens (including phenoxy) is 1. The molecule has 1 N–H and O–H groups in total. The molecule has 0 saturated heterocycles. The van der Waals surface area contributed by atoms with Crippen LogP contribution in [0.5, 0.6) is 5.88 Å². The topological polar surface area (TPSA) is 34.2 Å². The summed E-state index contributed by atoms with van der Waals surface area (Å²) in [5.41, 5.74) is 1.19. The molecule has 0 amide bonds. The maximum atomic E-state index is 5.42. The monoisotopic (exact) mass is 262 g/mol. The minimum absolute atomic E-state index is 0.342. The van der Waals surface area contributed by atoms with Gasteiger partial charge in [-0.15, -0.1) is 0 Å². The van der Waals surface area contributed by atoms with E-state index in [4.69, 9.17) is 4.74 Å². The lowest BCUT2D eigenvalue weighted by Crippen LogP contribution is -2.31. The lowest BCUT2D eigenvalue weighted by molar-refractivity contribution is 0.178. The van der Waals surface area contributed by atoms with Crippen LogP contribution in [0.1, 0.15) is 44.7 Å². The van der Waals surface area contributed by atoms with Crippen molar-refractivity contribution in [2.45, 2.75) is 39.2 Å². The highest BCUT2D eigenvalue weighted by molar-refractivity contribution is 5.29. The highest BCUT2D eigenvalue weighted by atomic mass is 16.5. The van der Waals surface area contributed by atoms with Gasteiger partial charge in [-0.1, -0.05) is 19.9 Å². The molecule has 2 rings (SSSR count). The molecule has 1 fully saturated rings. The summed E-state index contributed by atoms with van der Waals surface area (Å²) >= 11 is 0. The van der Waals surface area contributed by atoms with Crippen LogP contribution in [0, 0.1) is 17.8 Å². The SMILES string of the molecule is CNC(c1cccnc1OC)C1CC(C)CC(C)C1. The Morgan fingerprint density at radius 2 is 1.95 bits per heavy atom. The largest absolute Gasteiger partial charge is 0.481 e. The number of pyridine rings is 1. The number of nitrogens with one attached hydrogen (secondary N) is 1. The van der Waals surface area contributed by atoms with Gasteiger partial charge in [0.05, 0.1) is 7.11 Å². The van der Waals surface area contributed by atoms with E-state index in [0.717, 1.165) is 17.7 Å². The van der Waals surface area contributed by atoms with Crippen LogP contribution in [0.4, 0.5) is 0 Å². The predicted molar refractivity (Wildman–Crippen MR) is 78.3 cm³/mol. The van der Waals surface area contributed by atoms with Crippen molar-refractivity contribution in [2.75, 3.05) is 14.2 Å². The summed E-state index contributed by atoms with van der Waals surface area (Å²) < 4.78 is 5.42.